The fourth-order valence-electron chi connectivity index (χ4n) is 5.29. The number of Topliss-reactive ketones (excluding diaryl/α,β-unsaturated/α-hetero) is 1. The topological polar surface area (TPSA) is 49.9 Å². The molecule has 140 valence electrons. The quantitative estimate of drug-likeness (QED) is 0.761. The van der Waals surface area contributed by atoms with E-state index in [1.165, 1.54) is 5.56 Å². The van der Waals surface area contributed by atoms with Gasteiger partial charge in [0.1, 0.15) is 5.75 Å². The fraction of sp³-hybridized carbons (Fsp3) is 0.619. The number of carbonyl (C=O) groups is 2. The number of rotatable bonds is 5. The summed E-state index contributed by atoms with van der Waals surface area (Å²) in [5, 5.41) is 0. The molecule has 4 aliphatic rings. The Labute approximate surface area is 155 Å². The van der Waals surface area contributed by atoms with Crippen LogP contribution in [0.25, 0.3) is 0 Å². The highest BCUT2D eigenvalue weighted by Gasteiger charge is 2.55. The van der Waals surface area contributed by atoms with Crippen LogP contribution in [0.4, 0.5) is 0 Å². The van der Waals surface area contributed by atoms with Crippen LogP contribution >= 0.6 is 0 Å². The smallest absolute Gasteiger partial charge is 0.290 e. The van der Waals surface area contributed by atoms with Crippen LogP contribution in [0.5, 0.6) is 5.75 Å². The van der Waals surface area contributed by atoms with Crippen molar-refractivity contribution in [2.75, 3.05) is 26.7 Å². The van der Waals surface area contributed by atoms with E-state index in [1.807, 2.05) is 24.0 Å². The lowest BCUT2D eigenvalue weighted by atomic mass is 9.75. The minimum Gasteiger partial charge on any atom is -0.497 e. The van der Waals surface area contributed by atoms with Gasteiger partial charge in [0.2, 0.25) is 5.78 Å². The molecule has 3 atom stereocenters. The molecule has 5 nitrogen and oxygen atoms in total. The van der Waals surface area contributed by atoms with E-state index in [9.17, 15) is 9.59 Å². The average Bonchev–Trinajstić information content (AvgIpc) is 3.11. The van der Waals surface area contributed by atoms with Gasteiger partial charge in [-0.1, -0.05) is 19.1 Å². The zero-order valence-electron chi connectivity index (χ0n) is 15.7. The number of methoxy groups -OCH3 is 1. The van der Waals surface area contributed by atoms with Gasteiger partial charge in [0.25, 0.3) is 5.91 Å². The van der Waals surface area contributed by atoms with E-state index in [4.69, 9.17) is 4.74 Å². The Balaban J connectivity index is 1.65. The lowest BCUT2D eigenvalue weighted by Crippen LogP contribution is -2.61. The molecule has 5 heteroatoms. The third kappa shape index (κ3) is 2.82. The summed E-state index contributed by atoms with van der Waals surface area (Å²) in [5.74, 6) is 1.17. The van der Waals surface area contributed by atoms with Crippen LogP contribution in [0, 0.1) is 5.92 Å². The molecule has 0 saturated carbocycles. The zero-order valence-corrected chi connectivity index (χ0v) is 15.7. The number of hydrogen-bond donors (Lipinski definition) is 0. The summed E-state index contributed by atoms with van der Waals surface area (Å²) < 4.78 is 5.29. The number of ketones is 1. The van der Waals surface area contributed by atoms with Crippen molar-refractivity contribution in [3.8, 4) is 5.75 Å². The molecule has 5 rings (SSSR count). The summed E-state index contributed by atoms with van der Waals surface area (Å²) in [4.78, 5) is 29.7. The Kier molecular flexibility index (Phi) is 4.74. The molecule has 1 amide bonds. The molecule has 0 spiro atoms. The molecule has 0 aliphatic carbocycles. The minimum absolute atomic E-state index is 0.193. The van der Waals surface area contributed by atoms with Crippen molar-refractivity contribution < 1.29 is 14.3 Å². The maximum atomic E-state index is 12.9. The first kappa shape index (κ1) is 17.5. The third-order valence-corrected chi connectivity index (χ3v) is 6.51. The van der Waals surface area contributed by atoms with Crippen LogP contribution in [0.2, 0.25) is 0 Å². The highest BCUT2D eigenvalue weighted by molar-refractivity contribution is 6.36. The van der Waals surface area contributed by atoms with Crippen LogP contribution in [-0.4, -0.2) is 60.3 Å². The van der Waals surface area contributed by atoms with Gasteiger partial charge in [0.05, 0.1) is 13.2 Å². The maximum Gasteiger partial charge on any atom is 0.290 e. The number of fused-ring (bicyclic) bond motifs is 2. The van der Waals surface area contributed by atoms with Crippen molar-refractivity contribution in [1.29, 1.82) is 0 Å². The van der Waals surface area contributed by atoms with Gasteiger partial charge in [-0.15, -0.1) is 0 Å². The second-order valence-electron chi connectivity index (χ2n) is 7.86. The van der Waals surface area contributed by atoms with Gasteiger partial charge in [0.15, 0.2) is 0 Å². The first-order chi connectivity index (χ1) is 12.6. The van der Waals surface area contributed by atoms with Gasteiger partial charge in [-0.05, 0) is 56.0 Å². The second-order valence-corrected chi connectivity index (χ2v) is 7.86. The molecule has 26 heavy (non-hydrogen) atoms. The van der Waals surface area contributed by atoms with Crippen molar-refractivity contribution >= 4 is 11.7 Å². The third-order valence-electron chi connectivity index (χ3n) is 6.51. The average molecular weight is 356 g/mol. The molecular formula is C21H28N2O3. The number of nitrogens with zero attached hydrogens (tertiary/aromatic N) is 2. The number of carbonyl (C=O) groups excluding carboxylic acids is 2. The highest BCUT2D eigenvalue weighted by atomic mass is 16.5. The number of piperidine rings is 3. The number of benzene rings is 1. The van der Waals surface area contributed by atoms with Gasteiger partial charge in [-0.3, -0.25) is 14.5 Å². The molecule has 0 radical (unpaired) electrons. The van der Waals surface area contributed by atoms with E-state index < -0.39 is 0 Å². The molecule has 4 fully saturated rings. The summed E-state index contributed by atoms with van der Waals surface area (Å²) in [6, 6.07) is 8.76. The SMILES string of the molecule is CCCC(=O)C(=O)N1C[C@@H](c2ccc(OC)cc2)[C@@H]2[C@H]1C1CCN2CC1. The molecule has 4 aliphatic heterocycles. The van der Waals surface area contributed by atoms with Crippen LogP contribution in [0.3, 0.4) is 0 Å². The molecular weight excluding hydrogens is 328 g/mol. The Morgan fingerprint density at radius 3 is 2.42 bits per heavy atom. The Morgan fingerprint density at radius 2 is 1.81 bits per heavy atom. The highest BCUT2D eigenvalue weighted by Crippen LogP contribution is 2.46. The van der Waals surface area contributed by atoms with E-state index in [0.717, 1.165) is 38.1 Å². The number of amides is 1. The van der Waals surface area contributed by atoms with Crippen LogP contribution in [-0.2, 0) is 9.59 Å². The summed E-state index contributed by atoms with van der Waals surface area (Å²) in [6.07, 6.45) is 3.36. The Bertz CT molecular complexity index is 679. The van der Waals surface area contributed by atoms with Crippen molar-refractivity contribution in [2.24, 2.45) is 5.92 Å². The van der Waals surface area contributed by atoms with Crippen molar-refractivity contribution in [1.82, 2.24) is 9.80 Å². The van der Waals surface area contributed by atoms with Gasteiger partial charge < -0.3 is 9.64 Å². The van der Waals surface area contributed by atoms with Crippen molar-refractivity contribution in [3.05, 3.63) is 29.8 Å². The van der Waals surface area contributed by atoms with Gasteiger partial charge in [-0.2, -0.15) is 0 Å². The molecule has 1 aromatic carbocycles. The van der Waals surface area contributed by atoms with E-state index in [2.05, 4.69) is 17.0 Å². The van der Waals surface area contributed by atoms with Crippen LogP contribution in [0.15, 0.2) is 24.3 Å². The first-order valence-corrected chi connectivity index (χ1v) is 9.85. The van der Waals surface area contributed by atoms with Crippen molar-refractivity contribution in [2.45, 2.75) is 50.6 Å². The summed E-state index contributed by atoms with van der Waals surface area (Å²) in [5.41, 5.74) is 1.24. The second kappa shape index (κ2) is 7.03. The molecule has 4 heterocycles. The molecule has 0 N–H and O–H groups in total. The predicted molar refractivity (Wildman–Crippen MR) is 99.2 cm³/mol. The van der Waals surface area contributed by atoms with Gasteiger partial charge in [-0.25, -0.2) is 0 Å². The number of ether oxygens (including phenoxy) is 1. The van der Waals surface area contributed by atoms with E-state index in [0.29, 0.717) is 24.9 Å². The molecule has 0 unspecified atom stereocenters. The van der Waals surface area contributed by atoms with Crippen LogP contribution < -0.4 is 4.74 Å². The Hall–Kier alpha value is -1.88. The minimum atomic E-state index is -0.258. The van der Waals surface area contributed by atoms with E-state index in [1.54, 1.807) is 7.11 Å². The summed E-state index contributed by atoms with van der Waals surface area (Å²) in [6.45, 7) is 4.84. The van der Waals surface area contributed by atoms with Crippen LogP contribution in [0.1, 0.15) is 44.1 Å². The monoisotopic (exact) mass is 356 g/mol. The van der Waals surface area contributed by atoms with Gasteiger partial charge >= 0.3 is 0 Å². The summed E-state index contributed by atoms with van der Waals surface area (Å²) in [7, 11) is 1.67. The normalized spacial score (nSPS) is 32.4. The summed E-state index contributed by atoms with van der Waals surface area (Å²) >= 11 is 0. The first-order valence-electron chi connectivity index (χ1n) is 9.85. The zero-order chi connectivity index (χ0) is 18.3. The van der Waals surface area contributed by atoms with E-state index >= 15 is 0 Å². The van der Waals surface area contributed by atoms with E-state index in [-0.39, 0.29) is 23.7 Å². The fourth-order valence-corrected chi connectivity index (χ4v) is 5.29. The largest absolute Gasteiger partial charge is 0.497 e. The van der Waals surface area contributed by atoms with Crippen molar-refractivity contribution in [3.63, 3.8) is 0 Å². The maximum absolute atomic E-state index is 12.9. The van der Waals surface area contributed by atoms with Gasteiger partial charge in [0, 0.05) is 24.9 Å². The lowest BCUT2D eigenvalue weighted by Gasteiger charge is -2.51. The Morgan fingerprint density at radius 1 is 1.12 bits per heavy atom. The molecule has 2 bridgehead atoms. The molecule has 1 aromatic rings. The molecule has 0 aromatic heterocycles. The predicted octanol–water partition coefficient (Wildman–Crippen LogP) is 2.45. The lowest BCUT2D eigenvalue weighted by molar-refractivity contribution is -0.147. The number of hydrogen-bond acceptors (Lipinski definition) is 4. The standard InChI is InChI=1S/C21H28N2O3/c1-3-4-18(24)21(25)23-13-17(14-5-7-16(26-2)8-6-14)20-19(23)15-9-11-22(20)12-10-15/h5-8,15,17,19-20H,3-4,9-13H2,1-2H3/t17-,19+,20+/m0/s1. The molecule has 4 saturated heterocycles. The number of likely N-dealkylation sites (tertiary alicyclic amines) is 1.